The van der Waals surface area contributed by atoms with Gasteiger partial charge in [0.2, 0.25) is 5.91 Å². The number of anilines is 1. The first-order valence-corrected chi connectivity index (χ1v) is 8.93. The molecule has 0 radical (unpaired) electrons. The molecular formula is C18H25LiN4O3. The third kappa shape index (κ3) is 4.66. The molecular weight excluding hydrogens is 327 g/mol. The van der Waals surface area contributed by atoms with Gasteiger partial charge in [-0.1, -0.05) is 12.8 Å². The zero-order chi connectivity index (χ0) is 17.8. The summed E-state index contributed by atoms with van der Waals surface area (Å²) >= 11 is 0. The Labute approximate surface area is 166 Å². The third-order valence-electron chi connectivity index (χ3n) is 5.23. The van der Waals surface area contributed by atoms with E-state index >= 15 is 0 Å². The Morgan fingerprint density at radius 1 is 1.12 bits per heavy atom. The molecule has 8 heteroatoms. The second kappa shape index (κ2) is 9.20. The normalized spacial score (nSPS) is 20.3. The predicted molar refractivity (Wildman–Crippen MR) is 93.8 cm³/mol. The van der Waals surface area contributed by atoms with E-state index in [0.717, 1.165) is 32.1 Å². The number of piperidine rings is 1. The number of hydrogen-bond donors (Lipinski definition) is 2. The summed E-state index contributed by atoms with van der Waals surface area (Å²) in [7, 11) is 0. The second-order valence-electron chi connectivity index (χ2n) is 6.89. The summed E-state index contributed by atoms with van der Waals surface area (Å²) in [5, 5.41) is 2.54. The van der Waals surface area contributed by atoms with Crippen molar-refractivity contribution in [2.24, 2.45) is 11.7 Å². The van der Waals surface area contributed by atoms with Crippen molar-refractivity contribution in [3.8, 4) is 0 Å². The first-order valence-electron chi connectivity index (χ1n) is 8.93. The van der Waals surface area contributed by atoms with E-state index in [2.05, 4.69) is 10.3 Å². The SMILES string of the molecule is NC(=O)c1cncc(NC(=O)C(=O)N2CCCCC2C2CCCC2)c1.[H-].[Li+]. The first-order chi connectivity index (χ1) is 12.1. The molecule has 1 unspecified atom stereocenters. The van der Waals surface area contributed by atoms with Crippen LogP contribution in [0, 0.1) is 5.92 Å². The van der Waals surface area contributed by atoms with Crippen LogP contribution < -0.4 is 29.9 Å². The van der Waals surface area contributed by atoms with Crippen molar-refractivity contribution in [2.45, 2.75) is 51.0 Å². The maximum Gasteiger partial charge on any atom is 1.00 e. The fraction of sp³-hybridized carbons (Fsp3) is 0.556. The number of primary amides is 1. The van der Waals surface area contributed by atoms with Crippen LogP contribution in [0.15, 0.2) is 18.5 Å². The molecule has 26 heavy (non-hydrogen) atoms. The van der Waals surface area contributed by atoms with E-state index in [1.165, 1.54) is 31.3 Å². The minimum atomic E-state index is -0.687. The minimum absolute atomic E-state index is 0. The quantitative estimate of drug-likeness (QED) is 0.527. The van der Waals surface area contributed by atoms with Gasteiger partial charge < -0.3 is 17.4 Å². The van der Waals surface area contributed by atoms with Gasteiger partial charge in [-0.25, -0.2) is 0 Å². The number of carbonyl (C=O) groups excluding carboxylic acids is 3. The van der Waals surface area contributed by atoms with E-state index in [1.54, 1.807) is 4.90 Å². The Kier molecular flexibility index (Phi) is 7.24. The fourth-order valence-electron chi connectivity index (χ4n) is 4.00. The first kappa shape index (κ1) is 20.5. The van der Waals surface area contributed by atoms with E-state index in [4.69, 9.17) is 5.73 Å². The molecule has 1 aliphatic carbocycles. The Hall–Kier alpha value is -1.84. The van der Waals surface area contributed by atoms with E-state index in [0.29, 0.717) is 18.2 Å². The molecule has 0 aromatic carbocycles. The van der Waals surface area contributed by atoms with Gasteiger partial charge in [-0.05, 0) is 44.1 Å². The number of nitrogens with zero attached hydrogens (tertiary/aromatic N) is 2. The summed E-state index contributed by atoms with van der Waals surface area (Å²) in [5.41, 5.74) is 5.69. The van der Waals surface area contributed by atoms with Crippen LogP contribution in [0.4, 0.5) is 5.69 Å². The average Bonchev–Trinajstić information content (AvgIpc) is 3.15. The number of hydrogen-bond acceptors (Lipinski definition) is 4. The molecule has 1 aromatic heterocycles. The maximum atomic E-state index is 12.7. The van der Waals surface area contributed by atoms with Crippen LogP contribution in [0.1, 0.15) is 56.7 Å². The summed E-state index contributed by atoms with van der Waals surface area (Å²) in [4.78, 5) is 41.9. The molecule has 2 aliphatic rings. The molecule has 1 aromatic rings. The molecule has 1 saturated heterocycles. The summed E-state index contributed by atoms with van der Waals surface area (Å²) in [5.74, 6) is -1.31. The summed E-state index contributed by atoms with van der Waals surface area (Å²) in [6.07, 6.45) is 10.4. The van der Waals surface area contributed by atoms with Gasteiger partial charge >= 0.3 is 30.7 Å². The molecule has 3 amide bonds. The Balaban J connectivity index is 0.00000182. The van der Waals surface area contributed by atoms with E-state index < -0.39 is 17.7 Å². The topological polar surface area (TPSA) is 105 Å². The van der Waals surface area contributed by atoms with E-state index in [-0.39, 0.29) is 31.9 Å². The molecule has 2 heterocycles. The van der Waals surface area contributed by atoms with Crippen molar-refractivity contribution in [1.82, 2.24) is 9.88 Å². The van der Waals surface area contributed by atoms with Gasteiger partial charge in [-0.3, -0.25) is 19.4 Å². The van der Waals surface area contributed by atoms with Crippen molar-refractivity contribution in [3.05, 3.63) is 24.0 Å². The van der Waals surface area contributed by atoms with Crippen LogP contribution >= 0.6 is 0 Å². The largest absolute Gasteiger partial charge is 1.00 e. The molecule has 3 N–H and O–H groups in total. The van der Waals surface area contributed by atoms with E-state index in [9.17, 15) is 14.4 Å². The molecule has 1 aliphatic heterocycles. The van der Waals surface area contributed by atoms with Crippen LogP contribution in [0.5, 0.6) is 0 Å². The van der Waals surface area contributed by atoms with Crippen molar-refractivity contribution < 1.29 is 34.7 Å². The van der Waals surface area contributed by atoms with Gasteiger partial charge in [-0.2, -0.15) is 0 Å². The van der Waals surface area contributed by atoms with Crippen molar-refractivity contribution in [1.29, 1.82) is 0 Å². The number of nitrogens with one attached hydrogen (secondary N) is 1. The van der Waals surface area contributed by atoms with Gasteiger partial charge in [0.1, 0.15) is 0 Å². The predicted octanol–water partition coefficient (Wildman–Crippen LogP) is -1.19. The number of carbonyl (C=O) groups is 3. The van der Waals surface area contributed by atoms with Crippen molar-refractivity contribution in [2.75, 3.05) is 11.9 Å². The average molecular weight is 352 g/mol. The fourth-order valence-corrected chi connectivity index (χ4v) is 4.00. The van der Waals surface area contributed by atoms with Crippen LogP contribution in [-0.2, 0) is 9.59 Å². The van der Waals surface area contributed by atoms with Crippen LogP contribution in [-0.4, -0.2) is 40.2 Å². The molecule has 0 bridgehead atoms. The molecule has 1 saturated carbocycles. The monoisotopic (exact) mass is 352 g/mol. The number of amides is 3. The van der Waals surface area contributed by atoms with Crippen LogP contribution in [0.3, 0.4) is 0 Å². The van der Waals surface area contributed by atoms with Crippen LogP contribution in [0.25, 0.3) is 0 Å². The Morgan fingerprint density at radius 2 is 1.81 bits per heavy atom. The van der Waals surface area contributed by atoms with Crippen molar-refractivity contribution in [3.63, 3.8) is 0 Å². The standard InChI is InChI=1S/C18H24N4O3.Li.H/c19-16(23)13-9-14(11-20-10-13)21-17(24)18(25)22-8-4-3-7-15(22)12-5-1-2-6-12;;/h9-12,15H,1-8H2,(H2,19,23)(H,21,24);;/q;+1;-1. The molecule has 7 nitrogen and oxygen atoms in total. The van der Waals surface area contributed by atoms with E-state index in [1.807, 2.05) is 0 Å². The number of rotatable bonds is 3. The Morgan fingerprint density at radius 3 is 2.50 bits per heavy atom. The molecule has 1 atom stereocenters. The summed E-state index contributed by atoms with van der Waals surface area (Å²) < 4.78 is 0. The molecule has 3 rings (SSSR count). The number of aromatic nitrogens is 1. The van der Waals surface area contributed by atoms with Crippen molar-refractivity contribution >= 4 is 23.4 Å². The summed E-state index contributed by atoms with van der Waals surface area (Å²) in [6, 6.07) is 1.59. The molecule has 2 fully saturated rings. The zero-order valence-corrected chi connectivity index (χ0v) is 15.2. The smallest absolute Gasteiger partial charge is 1.00 e. The third-order valence-corrected chi connectivity index (χ3v) is 5.23. The minimum Gasteiger partial charge on any atom is -1.00 e. The molecule has 136 valence electrons. The number of likely N-dealkylation sites (tertiary alicyclic amines) is 1. The summed E-state index contributed by atoms with van der Waals surface area (Å²) in [6.45, 7) is 0.632. The van der Waals surface area contributed by atoms with Crippen LogP contribution in [0.2, 0.25) is 0 Å². The second-order valence-corrected chi connectivity index (χ2v) is 6.89. The number of nitrogens with two attached hydrogens (primary N) is 1. The van der Waals surface area contributed by atoms with Gasteiger partial charge in [0.15, 0.2) is 0 Å². The zero-order valence-electron chi connectivity index (χ0n) is 16.2. The molecule has 0 spiro atoms. The number of pyridine rings is 1. The Bertz CT molecular complexity index is 682. The maximum absolute atomic E-state index is 12.7. The van der Waals surface area contributed by atoms with Gasteiger partial charge in [0.25, 0.3) is 0 Å². The van der Waals surface area contributed by atoms with Gasteiger partial charge in [-0.15, -0.1) is 0 Å². The van der Waals surface area contributed by atoms with Gasteiger partial charge in [0, 0.05) is 18.8 Å². The van der Waals surface area contributed by atoms with Gasteiger partial charge in [0.05, 0.1) is 17.4 Å².